The zero-order chi connectivity index (χ0) is 11.3. The number of ether oxygens (including phenoxy) is 1. The minimum atomic E-state index is -0.106. The van der Waals surface area contributed by atoms with E-state index in [-0.39, 0.29) is 18.7 Å². The van der Waals surface area contributed by atoms with Crippen LogP contribution in [0.15, 0.2) is 0 Å². The van der Waals surface area contributed by atoms with Gasteiger partial charge in [-0.25, -0.2) is 0 Å². The summed E-state index contributed by atoms with van der Waals surface area (Å²) in [4.78, 5) is 2.17. The zero-order valence-electron chi connectivity index (χ0n) is 9.85. The third-order valence-electron chi connectivity index (χ3n) is 3.38. The molecule has 0 aromatic heterocycles. The number of hydrogen-bond acceptors (Lipinski definition) is 4. The van der Waals surface area contributed by atoms with Crippen LogP contribution in [-0.2, 0) is 4.74 Å². The molecule has 90 valence electrons. The molecule has 0 spiro atoms. The fourth-order valence-corrected chi connectivity index (χ4v) is 2.12. The van der Waals surface area contributed by atoms with Crippen LogP contribution in [-0.4, -0.2) is 56.0 Å². The lowest BCUT2D eigenvalue weighted by molar-refractivity contribution is 0.0672. The molecule has 0 radical (unpaired) electrons. The van der Waals surface area contributed by atoms with Crippen LogP contribution in [0.25, 0.3) is 0 Å². The van der Waals surface area contributed by atoms with E-state index in [9.17, 15) is 5.11 Å². The SMILES string of the molecule is COCC(N)C(CO)N(C)CC1CCC1. The zero-order valence-corrected chi connectivity index (χ0v) is 9.85. The number of aliphatic hydroxyl groups excluding tert-OH is 1. The monoisotopic (exact) mass is 216 g/mol. The van der Waals surface area contributed by atoms with Gasteiger partial charge >= 0.3 is 0 Å². The summed E-state index contributed by atoms with van der Waals surface area (Å²) in [6.45, 7) is 1.65. The molecule has 0 bridgehead atoms. The molecule has 3 N–H and O–H groups in total. The number of methoxy groups -OCH3 is 1. The summed E-state index contributed by atoms with van der Waals surface area (Å²) in [6.07, 6.45) is 4.00. The summed E-state index contributed by atoms with van der Waals surface area (Å²) in [5.41, 5.74) is 5.95. The van der Waals surface area contributed by atoms with E-state index in [0.717, 1.165) is 12.5 Å². The average molecular weight is 216 g/mol. The molecule has 0 aliphatic heterocycles. The maximum atomic E-state index is 9.32. The van der Waals surface area contributed by atoms with E-state index in [4.69, 9.17) is 10.5 Å². The molecule has 4 heteroatoms. The molecule has 1 aliphatic rings. The van der Waals surface area contributed by atoms with Gasteiger partial charge in [-0.05, 0) is 25.8 Å². The van der Waals surface area contributed by atoms with Crippen molar-refractivity contribution in [2.24, 2.45) is 11.7 Å². The van der Waals surface area contributed by atoms with Crippen LogP contribution in [0.4, 0.5) is 0 Å². The highest BCUT2D eigenvalue weighted by Crippen LogP contribution is 2.27. The molecule has 1 saturated carbocycles. The smallest absolute Gasteiger partial charge is 0.0629 e. The van der Waals surface area contributed by atoms with Crippen LogP contribution in [0.3, 0.4) is 0 Å². The van der Waals surface area contributed by atoms with Crippen LogP contribution in [0, 0.1) is 5.92 Å². The van der Waals surface area contributed by atoms with Crippen molar-refractivity contribution >= 4 is 0 Å². The van der Waals surface area contributed by atoms with E-state index in [1.165, 1.54) is 19.3 Å². The van der Waals surface area contributed by atoms with Gasteiger partial charge in [0.2, 0.25) is 0 Å². The van der Waals surface area contributed by atoms with Crippen molar-refractivity contribution in [2.45, 2.75) is 31.3 Å². The molecule has 2 atom stereocenters. The lowest BCUT2D eigenvalue weighted by Gasteiger charge is -2.36. The number of likely N-dealkylation sites (N-methyl/N-ethyl adjacent to an activating group) is 1. The van der Waals surface area contributed by atoms with Crippen molar-refractivity contribution < 1.29 is 9.84 Å². The Balaban J connectivity index is 2.33. The second-order valence-electron chi connectivity index (χ2n) is 4.61. The van der Waals surface area contributed by atoms with E-state index in [1.807, 2.05) is 7.05 Å². The van der Waals surface area contributed by atoms with E-state index in [2.05, 4.69) is 4.90 Å². The van der Waals surface area contributed by atoms with Gasteiger partial charge in [-0.1, -0.05) is 6.42 Å². The molecule has 1 rings (SSSR count). The molecule has 2 unspecified atom stereocenters. The Morgan fingerprint density at radius 1 is 1.53 bits per heavy atom. The highest BCUT2D eigenvalue weighted by Gasteiger charge is 2.26. The summed E-state index contributed by atoms with van der Waals surface area (Å²) in [6, 6.07) is -0.0874. The quantitative estimate of drug-likeness (QED) is 0.631. The third kappa shape index (κ3) is 3.72. The molecule has 0 aromatic rings. The summed E-state index contributed by atoms with van der Waals surface area (Å²) in [7, 11) is 3.68. The normalized spacial score (nSPS) is 21.4. The van der Waals surface area contributed by atoms with Crippen molar-refractivity contribution in [1.82, 2.24) is 4.90 Å². The van der Waals surface area contributed by atoms with E-state index in [0.29, 0.717) is 6.61 Å². The Labute approximate surface area is 92.4 Å². The first-order chi connectivity index (χ1) is 7.19. The Bertz CT molecular complexity index is 174. The highest BCUT2D eigenvalue weighted by atomic mass is 16.5. The first kappa shape index (κ1) is 12.9. The molecular formula is C11H24N2O2. The molecular weight excluding hydrogens is 192 g/mol. The lowest BCUT2D eigenvalue weighted by Crippen LogP contribution is -2.52. The van der Waals surface area contributed by atoms with Gasteiger partial charge in [0.25, 0.3) is 0 Å². The Kier molecular flexibility index (Phi) is 5.53. The van der Waals surface area contributed by atoms with Gasteiger partial charge < -0.3 is 15.6 Å². The van der Waals surface area contributed by atoms with Crippen molar-refractivity contribution in [3.8, 4) is 0 Å². The predicted molar refractivity (Wildman–Crippen MR) is 60.7 cm³/mol. The molecule has 0 heterocycles. The summed E-state index contributed by atoms with van der Waals surface area (Å²) in [5.74, 6) is 0.804. The van der Waals surface area contributed by atoms with Gasteiger partial charge in [0.15, 0.2) is 0 Å². The second kappa shape index (κ2) is 6.43. The van der Waals surface area contributed by atoms with Gasteiger partial charge in [-0.3, -0.25) is 4.90 Å². The number of aliphatic hydroxyl groups is 1. The number of rotatable bonds is 7. The highest BCUT2D eigenvalue weighted by molar-refractivity contribution is 4.82. The Morgan fingerprint density at radius 2 is 2.20 bits per heavy atom. The van der Waals surface area contributed by atoms with Crippen molar-refractivity contribution in [2.75, 3.05) is 33.9 Å². The minimum absolute atomic E-state index is 0.0190. The van der Waals surface area contributed by atoms with Gasteiger partial charge in [-0.15, -0.1) is 0 Å². The number of nitrogens with zero attached hydrogens (tertiary/aromatic N) is 1. The predicted octanol–water partition coefficient (Wildman–Crippen LogP) is 0.0529. The number of nitrogens with two attached hydrogens (primary N) is 1. The van der Waals surface area contributed by atoms with Crippen LogP contribution >= 0.6 is 0 Å². The van der Waals surface area contributed by atoms with Gasteiger partial charge in [0.1, 0.15) is 0 Å². The Hall–Kier alpha value is -0.160. The molecule has 1 fully saturated rings. The van der Waals surface area contributed by atoms with Crippen molar-refractivity contribution in [1.29, 1.82) is 0 Å². The van der Waals surface area contributed by atoms with E-state index in [1.54, 1.807) is 7.11 Å². The maximum Gasteiger partial charge on any atom is 0.0629 e. The van der Waals surface area contributed by atoms with Crippen LogP contribution in [0.2, 0.25) is 0 Å². The summed E-state index contributed by atoms with van der Waals surface area (Å²) in [5, 5.41) is 9.32. The maximum absolute atomic E-state index is 9.32. The standard InChI is InChI=1S/C11H24N2O2/c1-13(6-9-4-3-5-9)11(7-14)10(12)8-15-2/h9-11,14H,3-8,12H2,1-2H3. The van der Waals surface area contributed by atoms with Crippen molar-refractivity contribution in [3.05, 3.63) is 0 Å². The summed E-state index contributed by atoms with van der Waals surface area (Å²) < 4.78 is 5.02. The van der Waals surface area contributed by atoms with Gasteiger partial charge in [-0.2, -0.15) is 0 Å². The van der Waals surface area contributed by atoms with E-state index >= 15 is 0 Å². The number of hydrogen-bond donors (Lipinski definition) is 2. The first-order valence-corrected chi connectivity index (χ1v) is 5.74. The topological polar surface area (TPSA) is 58.7 Å². The molecule has 0 aromatic carbocycles. The van der Waals surface area contributed by atoms with Gasteiger partial charge in [0.05, 0.1) is 13.2 Å². The molecule has 4 nitrogen and oxygen atoms in total. The average Bonchev–Trinajstić information content (AvgIpc) is 2.13. The fraction of sp³-hybridized carbons (Fsp3) is 1.00. The third-order valence-corrected chi connectivity index (χ3v) is 3.38. The van der Waals surface area contributed by atoms with Crippen molar-refractivity contribution in [3.63, 3.8) is 0 Å². The fourth-order valence-electron chi connectivity index (χ4n) is 2.12. The molecule has 1 aliphatic carbocycles. The summed E-state index contributed by atoms with van der Waals surface area (Å²) >= 11 is 0. The second-order valence-corrected chi connectivity index (χ2v) is 4.61. The lowest BCUT2D eigenvalue weighted by atomic mass is 9.85. The van der Waals surface area contributed by atoms with Gasteiger partial charge in [0, 0.05) is 25.7 Å². The van der Waals surface area contributed by atoms with Crippen LogP contribution < -0.4 is 5.73 Å². The largest absolute Gasteiger partial charge is 0.395 e. The van der Waals surface area contributed by atoms with Crippen LogP contribution in [0.5, 0.6) is 0 Å². The molecule has 0 amide bonds. The first-order valence-electron chi connectivity index (χ1n) is 5.74. The molecule has 0 saturated heterocycles. The van der Waals surface area contributed by atoms with E-state index < -0.39 is 0 Å². The minimum Gasteiger partial charge on any atom is -0.395 e. The molecule has 15 heavy (non-hydrogen) atoms. The Morgan fingerprint density at radius 3 is 2.60 bits per heavy atom. The van der Waals surface area contributed by atoms with Crippen LogP contribution in [0.1, 0.15) is 19.3 Å².